The van der Waals surface area contributed by atoms with Crippen molar-refractivity contribution in [3.05, 3.63) is 42.0 Å². The van der Waals surface area contributed by atoms with E-state index < -0.39 is 83.8 Å². The Bertz CT molecular complexity index is 1620. The number of fused-ring (bicyclic) bond motifs is 3. The SMILES string of the molecule is CCCCC=CC(=O)N[C@@H](Cc1cccc(O)c1)C(=O)N[C@@H]1C(=O)N2CCC[C@H]2C(=O)N2CCCC[C@H]2C(=O)N[C@@H](C)C(=O)N2CCC[C@H]2C(=O)O[C@H]1C. The Balaban J connectivity index is 1.48. The summed E-state index contributed by atoms with van der Waals surface area (Å²) in [6, 6.07) is -0.138. The van der Waals surface area contributed by atoms with Crippen molar-refractivity contribution in [2.24, 2.45) is 0 Å². The molecule has 0 radical (unpaired) electrons. The van der Waals surface area contributed by atoms with Crippen molar-refractivity contribution in [2.45, 2.75) is 134 Å². The highest BCUT2D eigenvalue weighted by atomic mass is 16.5. The van der Waals surface area contributed by atoms with Crippen LogP contribution in [-0.2, 0) is 44.7 Å². The molecule has 15 heteroatoms. The van der Waals surface area contributed by atoms with Crippen LogP contribution in [0, 0.1) is 0 Å². The molecule has 0 aliphatic carbocycles. The van der Waals surface area contributed by atoms with Gasteiger partial charge in [0.25, 0.3) is 0 Å². The van der Waals surface area contributed by atoms with E-state index in [0.29, 0.717) is 63.5 Å². The van der Waals surface area contributed by atoms with E-state index in [-0.39, 0.29) is 25.3 Å². The minimum Gasteiger partial charge on any atom is -0.508 e. The van der Waals surface area contributed by atoms with Crippen LogP contribution in [0.25, 0.3) is 0 Å². The van der Waals surface area contributed by atoms with E-state index >= 15 is 0 Å². The van der Waals surface area contributed by atoms with Crippen LogP contribution in [0.3, 0.4) is 0 Å². The number of rotatable bonds is 9. The fourth-order valence-corrected chi connectivity index (χ4v) is 7.84. The van der Waals surface area contributed by atoms with Gasteiger partial charge < -0.3 is 40.5 Å². The first-order chi connectivity index (χ1) is 25.9. The maximum absolute atomic E-state index is 14.6. The van der Waals surface area contributed by atoms with Gasteiger partial charge in [-0.25, -0.2) is 4.79 Å². The fraction of sp³-hybridized carbons (Fsp3) is 0.615. The zero-order chi connectivity index (χ0) is 38.9. The number of aromatic hydroxyl groups is 1. The monoisotopic (exact) mass is 750 g/mol. The number of hydrogen-bond acceptors (Lipinski definition) is 9. The summed E-state index contributed by atoms with van der Waals surface area (Å²) in [4.78, 5) is 101. The molecule has 4 saturated heterocycles. The van der Waals surface area contributed by atoms with Crippen LogP contribution in [-0.4, -0.2) is 123 Å². The Morgan fingerprint density at radius 2 is 1.57 bits per heavy atom. The standard InChI is InChI=1S/C39H54N6O9/c1-4-5-6-7-18-32(47)41-28(23-26-13-10-14-27(46)22-26)34(48)42-33-25(3)54-39(53)31-17-12-21-45(31)36(50)24(2)40-35(49)29-15-8-9-19-43(29)37(51)30-16-11-20-44(30)38(33)52/h7,10,13-14,18,22,24-25,28-31,33,46H,4-6,8-9,11-12,15-17,19-21,23H2,1-3H3,(H,40,49)(H,41,47)(H,42,48)/t24-,25-,28-,29-,30-,31-,33-/m0/s1. The summed E-state index contributed by atoms with van der Waals surface area (Å²) in [5.41, 5.74) is 0.541. The molecule has 0 unspecified atom stereocenters. The lowest BCUT2D eigenvalue weighted by Crippen LogP contribution is -2.63. The third-order valence-corrected chi connectivity index (χ3v) is 10.8. The van der Waals surface area contributed by atoms with Gasteiger partial charge in [0.05, 0.1) is 0 Å². The highest BCUT2D eigenvalue weighted by Crippen LogP contribution is 2.27. The van der Waals surface area contributed by atoms with Gasteiger partial charge in [0.15, 0.2) is 0 Å². The topological polar surface area (TPSA) is 195 Å². The summed E-state index contributed by atoms with van der Waals surface area (Å²) in [5.74, 6) is -4.05. The molecular weight excluding hydrogens is 696 g/mol. The fourth-order valence-electron chi connectivity index (χ4n) is 7.84. The van der Waals surface area contributed by atoms with Gasteiger partial charge in [0.1, 0.15) is 48.1 Å². The lowest BCUT2D eigenvalue weighted by atomic mass is 9.99. The smallest absolute Gasteiger partial charge is 0.329 e. The van der Waals surface area contributed by atoms with E-state index in [4.69, 9.17) is 4.74 Å². The molecule has 6 amide bonds. The molecule has 15 nitrogen and oxygen atoms in total. The second kappa shape index (κ2) is 18.4. The lowest BCUT2D eigenvalue weighted by Gasteiger charge is -2.39. The number of esters is 1. The quantitative estimate of drug-likeness (QED) is 0.164. The summed E-state index contributed by atoms with van der Waals surface area (Å²) < 4.78 is 5.88. The molecule has 4 aliphatic heterocycles. The largest absolute Gasteiger partial charge is 0.508 e. The second-order valence-electron chi connectivity index (χ2n) is 14.8. The summed E-state index contributed by atoms with van der Waals surface area (Å²) in [5, 5.41) is 18.3. The second-order valence-corrected chi connectivity index (χ2v) is 14.8. The van der Waals surface area contributed by atoms with Crippen LogP contribution in [0.1, 0.15) is 90.5 Å². The number of nitrogens with one attached hydrogen (secondary N) is 3. The first-order valence-corrected chi connectivity index (χ1v) is 19.4. The molecule has 0 saturated carbocycles. The zero-order valence-corrected chi connectivity index (χ0v) is 31.5. The molecule has 5 rings (SSSR count). The predicted molar refractivity (Wildman–Crippen MR) is 196 cm³/mol. The van der Waals surface area contributed by atoms with Crippen molar-refractivity contribution in [1.82, 2.24) is 30.7 Å². The lowest BCUT2D eigenvalue weighted by molar-refractivity contribution is -0.163. The van der Waals surface area contributed by atoms with Gasteiger partial charge in [0, 0.05) is 26.1 Å². The van der Waals surface area contributed by atoms with E-state index in [9.17, 15) is 38.7 Å². The zero-order valence-electron chi connectivity index (χ0n) is 31.5. The molecular formula is C39H54N6O9. The number of hydrogen-bond donors (Lipinski definition) is 4. The van der Waals surface area contributed by atoms with Crippen LogP contribution in [0.4, 0.5) is 0 Å². The molecule has 0 bridgehead atoms. The first-order valence-electron chi connectivity index (χ1n) is 19.4. The molecule has 54 heavy (non-hydrogen) atoms. The molecule has 4 aliphatic rings. The number of allylic oxidation sites excluding steroid dienone is 1. The Labute approximate surface area is 316 Å². The number of unbranched alkanes of at least 4 members (excludes halogenated alkanes) is 2. The Morgan fingerprint density at radius 3 is 2.30 bits per heavy atom. The predicted octanol–water partition coefficient (Wildman–Crippen LogP) is 1.46. The van der Waals surface area contributed by atoms with E-state index in [1.165, 1.54) is 39.8 Å². The molecule has 294 valence electrons. The van der Waals surface area contributed by atoms with Crippen LogP contribution < -0.4 is 16.0 Å². The average molecular weight is 751 g/mol. The van der Waals surface area contributed by atoms with Crippen LogP contribution in [0.2, 0.25) is 0 Å². The maximum Gasteiger partial charge on any atom is 0.329 e. The van der Waals surface area contributed by atoms with Crippen LogP contribution in [0.15, 0.2) is 36.4 Å². The van der Waals surface area contributed by atoms with Crippen LogP contribution in [0.5, 0.6) is 5.75 Å². The van der Waals surface area contributed by atoms with Gasteiger partial charge >= 0.3 is 5.97 Å². The molecule has 1 aromatic rings. The third-order valence-electron chi connectivity index (χ3n) is 10.8. The number of benzene rings is 1. The van der Waals surface area contributed by atoms with E-state index in [1.54, 1.807) is 25.1 Å². The third kappa shape index (κ3) is 9.58. The van der Waals surface area contributed by atoms with E-state index in [1.807, 2.05) is 6.92 Å². The Kier molecular flexibility index (Phi) is 13.7. The van der Waals surface area contributed by atoms with Crippen molar-refractivity contribution in [3.63, 3.8) is 0 Å². The molecule has 4 N–H and O–H groups in total. The number of ether oxygens (including phenoxy) is 1. The molecule has 1 aromatic carbocycles. The number of amides is 6. The molecule has 0 spiro atoms. The summed E-state index contributed by atoms with van der Waals surface area (Å²) >= 11 is 0. The van der Waals surface area contributed by atoms with Gasteiger partial charge in [-0.3, -0.25) is 28.8 Å². The van der Waals surface area contributed by atoms with Crippen molar-refractivity contribution in [1.29, 1.82) is 0 Å². The number of cyclic esters (lactones) is 1. The summed E-state index contributed by atoms with van der Waals surface area (Å²) in [6.45, 7) is 5.83. The number of carbonyl (C=O) groups is 7. The number of phenolic OH excluding ortho intramolecular Hbond substituents is 1. The molecule has 4 heterocycles. The van der Waals surface area contributed by atoms with E-state index in [0.717, 1.165) is 12.8 Å². The van der Waals surface area contributed by atoms with Gasteiger partial charge in [0.2, 0.25) is 35.4 Å². The number of nitrogens with zero attached hydrogens (tertiary/aromatic N) is 3. The maximum atomic E-state index is 14.6. The minimum atomic E-state index is -1.48. The minimum absolute atomic E-state index is 0.0299. The summed E-state index contributed by atoms with van der Waals surface area (Å²) in [6.07, 6.45) is 7.71. The highest BCUT2D eigenvalue weighted by Gasteiger charge is 2.46. The van der Waals surface area contributed by atoms with Gasteiger partial charge in [-0.15, -0.1) is 0 Å². The van der Waals surface area contributed by atoms with Gasteiger partial charge in [-0.05, 0) is 89.0 Å². The van der Waals surface area contributed by atoms with Gasteiger partial charge in [-0.1, -0.05) is 38.0 Å². The van der Waals surface area contributed by atoms with Crippen molar-refractivity contribution < 1.29 is 43.4 Å². The van der Waals surface area contributed by atoms with Crippen molar-refractivity contribution in [2.75, 3.05) is 19.6 Å². The molecule has 7 atom stereocenters. The number of piperidine rings is 1. The van der Waals surface area contributed by atoms with Crippen molar-refractivity contribution >= 4 is 41.4 Å². The Hall–Kier alpha value is -4.95. The summed E-state index contributed by atoms with van der Waals surface area (Å²) in [7, 11) is 0. The molecule has 4 fully saturated rings. The van der Waals surface area contributed by atoms with E-state index in [2.05, 4.69) is 16.0 Å². The first kappa shape index (κ1) is 40.2. The highest BCUT2D eigenvalue weighted by molar-refractivity contribution is 5.98. The van der Waals surface area contributed by atoms with Crippen LogP contribution >= 0.6 is 0 Å². The Morgan fingerprint density at radius 1 is 0.907 bits per heavy atom. The van der Waals surface area contributed by atoms with Gasteiger partial charge in [-0.2, -0.15) is 0 Å². The normalized spacial score (nSPS) is 27.5. The molecule has 0 aromatic heterocycles. The number of carbonyl (C=O) groups excluding carboxylic acids is 7. The average Bonchev–Trinajstić information content (AvgIpc) is 3.85. The number of phenols is 1. The van der Waals surface area contributed by atoms with Crippen molar-refractivity contribution in [3.8, 4) is 5.75 Å².